The molecule has 1 atom stereocenters. The first-order valence-corrected chi connectivity index (χ1v) is 8.91. The molecule has 0 fully saturated rings. The number of nitrogens with one attached hydrogen (secondary N) is 1. The van der Waals surface area contributed by atoms with Gasteiger partial charge in [-0.15, -0.1) is 10.2 Å². The zero-order valence-electron chi connectivity index (χ0n) is 14.3. The summed E-state index contributed by atoms with van der Waals surface area (Å²) < 4.78 is 0.747. The standard InChI is InChI=1S/C18H21BrN6/c1-24-17(19)23-25(2)18(24)22-21-16-10-8-15(9-11-16)20-13-12-14-6-4-3-5-7-14/h3-11,18,20H,12-13H2,1-2H3. The van der Waals surface area contributed by atoms with Gasteiger partial charge in [-0.25, -0.2) is 0 Å². The highest BCUT2D eigenvalue weighted by molar-refractivity contribution is 9.18. The Morgan fingerprint density at radius 3 is 2.44 bits per heavy atom. The van der Waals surface area contributed by atoms with Crippen LogP contribution >= 0.6 is 15.9 Å². The summed E-state index contributed by atoms with van der Waals surface area (Å²) in [4.78, 5) is 1.91. The summed E-state index contributed by atoms with van der Waals surface area (Å²) in [6.07, 6.45) is 0.774. The van der Waals surface area contributed by atoms with Gasteiger partial charge in [-0.3, -0.25) is 5.01 Å². The first kappa shape index (κ1) is 17.4. The highest BCUT2D eigenvalue weighted by Crippen LogP contribution is 2.21. The highest BCUT2D eigenvalue weighted by atomic mass is 79.9. The number of hydrogen-bond acceptors (Lipinski definition) is 6. The van der Waals surface area contributed by atoms with Crippen molar-refractivity contribution >= 4 is 32.0 Å². The maximum Gasteiger partial charge on any atom is 0.234 e. The summed E-state index contributed by atoms with van der Waals surface area (Å²) in [5.74, 6) is 0. The molecular weight excluding hydrogens is 380 g/mol. The predicted molar refractivity (Wildman–Crippen MR) is 105 cm³/mol. The van der Waals surface area contributed by atoms with Crippen LogP contribution in [0.3, 0.4) is 0 Å². The second-order valence-electron chi connectivity index (χ2n) is 5.82. The van der Waals surface area contributed by atoms with E-state index in [1.54, 1.807) is 5.01 Å². The van der Waals surface area contributed by atoms with Crippen molar-refractivity contribution < 1.29 is 0 Å². The predicted octanol–water partition coefficient (Wildman–Crippen LogP) is 4.25. The smallest absolute Gasteiger partial charge is 0.234 e. The van der Waals surface area contributed by atoms with Gasteiger partial charge in [-0.1, -0.05) is 30.3 Å². The van der Waals surface area contributed by atoms with Crippen LogP contribution in [-0.2, 0) is 6.42 Å². The normalized spacial score (nSPS) is 17.2. The van der Waals surface area contributed by atoms with Gasteiger partial charge in [-0.2, -0.15) is 5.11 Å². The average molecular weight is 401 g/mol. The Hall–Kier alpha value is -2.41. The summed E-state index contributed by atoms with van der Waals surface area (Å²) >= 11 is 3.39. The third kappa shape index (κ3) is 4.57. The molecule has 25 heavy (non-hydrogen) atoms. The first-order chi connectivity index (χ1) is 12.1. The van der Waals surface area contributed by atoms with Crippen molar-refractivity contribution in [3.63, 3.8) is 0 Å². The minimum absolute atomic E-state index is 0.224. The molecule has 2 aromatic rings. The van der Waals surface area contributed by atoms with E-state index in [-0.39, 0.29) is 6.29 Å². The Bertz CT molecular complexity index is 744. The van der Waals surface area contributed by atoms with Crippen molar-refractivity contribution in [2.75, 3.05) is 26.0 Å². The van der Waals surface area contributed by atoms with Crippen LogP contribution in [0, 0.1) is 0 Å². The van der Waals surface area contributed by atoms with Gasteiger partial charge in [0.15, 0.2) is 4.74 Å². The Morgan fingerprint density at radius 2 is 1.80 bits per heavy atom. The molecule has 0 radical (unpaired) electrons. The molecular formula is C18H21BrN6. The van der Waals surface area contributed by atoms with E-state index in [1.165, 1.54) is 5.56 Å². The van der Waals surface area contributed by atoms with Crippen molar-refractivity contribution in [1.29, 1.82) is 0 Å². The second kappa shape index (κ2) is 8.11. The third-order valence-corrected chi connectivity index (χ3v) is 4.66. The van der Waals surface area contributed by atoms with E-state index in [1.807, 2.05) is 49.3 Å². The van der Waals surface area contributed by atoms with Gasteiger partial charge in [-0.05, 0) is 52.2 Å². The van der Waals surface area contributed by atoms with Gasteiger partial charge in [0.2, 0.25) is 6.29 Å². The zero-order valence-corrected chi connectivity index (χ0v) is 15.9. The number of benzene rings is 2. The van der Waals surface area contributed by atoms with E-state index in [0.717, 1.165) is 29.1 Å². The third-order valence-electron chi connectivity index (χ3n) is 3.94. The highest BCUT2D eigenvalue weighted by Gasteiger charge is 2.27. The van der Waals surface area contributed by atoms with E-state index < -0.39 is 0 Å². The topological polar surface area (TPSA) is 55.6 Å². The molecule has 0 bridgehead atoms. The van der Waals surface area contributed by atoms with E-state index in [2.05, 4.69) is 60.8 Å². The molecule has 0 amide bonds. The summed E-state index contributed by atoms with van der Waals surface area (Å²) in [7, 11) is 3.79. The molecule has 0 aliphatic carbocycles. The summed E-state index contributed by atoms with van der Waals surface area (Å²) in [6.45, 7) is 0.897. The monoisotopic (exact) mass is 400 g/mol. The van der Waals surface area contributed by atoms with Crippen LogP contribution in [0.15, 0.2) is 69.9 Å². The number of halogens is 1. The SMILES string of the molecule is CN1N=C(Br)N(C)C1N=Nc1ccc(NCCc2ccccc2)cc1. The fraction of sp³-hybridized carbons (Fsp3) is 0.278. The number of hydrogen-bond donors (Lipinski definition) is 1. The largest absolute Gasteiger partial charge is 0.385 e. The molecule has 6 nitrogen and oxygen atoms in total. The van der Waals surface area contributed by atoms with Crippen molar-refractivity contribution in [2.45, 2.75) is 12.7 Å². The molecule has 1 aliphatic rings. The Morgan fingerprint density at radius 1 is 1.08 bits per heavy atom. The van der Waals surface area contributed by atoms with E-state index in [4.69, 9.17) is 0 Å². The van der Waals surface area contributed by atoms with Crippen LogP contribution in [0.25, 0.3) is 0 Å². The van der Waals surface area contributed by atoms with Crippen LogP contribution in [0.5, 0.6) is 0 Å². The number of anilines is 1. The lowest BCUT2D eigenvalue weighted by atomic mass is 10.1. The van der Waals surface area contributed by atoms with Crippen LogP contribution in [-0.4, -0.2) is 41.6 Å². The zero-order chi connectivity index (χ0) is 17.6. The van der Waals surface area contributed by atoms with Crippen LogP contribution < -0.4 is 5.32 Å². The van der Waals surface area contributed by atoms with Crippen molar-refractivity contribution in [3.8, 4) is 0 Å². The lowest BCUT2D eigenvalue weighted by molar-refractivity contribution is 0.182. The van der Waals surface area contributed by atoms with Crippen LogP contribution in [0.1, 0.15) is 5.56 Å². The van der Waals surface area contributed by atoms with Gasteiger partial charge in [0.05, 0.1) is 5.69 Å². The first-order valence-electron chi connectivity index (χ1n) is 8.12. The van der Waals surface area contributed by atoms with Gasteiger partial charge >= 0.3 is 0 Å². The van der Waals surface area contributed by atoms with E-state index in [9.17, 15) is 0 Å². The molecule has 1 unspecified atom stereocenters. The molecule has 0 saturated carbocycles. The summed E-state index contributed by atoms with van der Waals surface area (Å²) in [5, 5.41) is 18.1. The molecule has 130 valence electrons. The molecule has 2 aromatic carbocycles. The number of amidine groups is 1. The van der Waals surface area contributed by atoms with Gasteiger partial charge in [0.1, 0.15) is 0 Å². The second-order valence-corrected chi connectivity index (χ2v) is 6.53. The van der Waals surface area contributed by atoms with E-state index >= 15 is 0 Å². The molecule has 1 aliphatic heterocycles. The molecule has 1 heterocycles. The Kier molecular flexibility index (Phi) is 5.65. The molecule has 7 heteroatoms. The van der Waals surface area contributed by atoms with Crippen LogP contribution in [0.2, 0.25) is 0 Å². The lowest BCUT2D eigenvalue weighted by Crippen LogP contribution is -2.34. The quantitative estimate of drug-likeness (QED) is 0.582. The maximum absolute atomic E-state index is 4.35. The van der Waals surface area contributed by atoms with Crippen molar-refractivity contribution in [2.24, 2.45) is 15.3 Å². The molecule has 0 spiro atoms. The number of hydrazone groups is 1. The molecule has 3 rings (SSSR count). The number of azo groups is 1. The lowest BCUT2D eigenvalue weighted by Gasteiger charge is -2.19. The number of rotatable bonds is 6. The maximum atomic E-state index is 4.35. The molecule has 0 saturated heterocycles. The molecule has 0 aromatic heterocycles. The summed E-state index contributed by atoms with van der Waals surface area (Å²) in [5.41, 5.74) is 3.23. The minimum Gasteiger partial charge on any atom is -0.385 e. The van der Waals surface area contributed by atoms with Crippen LogP contribution in [0.4, 0.5) is 11.4 Å². The minimum atomic E-state index is -0.224. The summed E-state index contributed by atoms with van der Waals surface area (Å²) in [6, 6.07) is 18.4. The fourth-order valence-electron chi connectivity index (χ4n) is 2.51. The van der Waals surface area contributed by atoms with Gasteiger partial charge in [0, 0.05) is 26.3 Å². The van der Waals surface area contributed by atoms with Crippen molar-refractivity contribution in [3.05, 3.63) is 60.2 Å². The average Bonchev–Trinajstić information content (AvgIpc) is 2.87. The fourth-order valence-corrected chi connectivity index (χ4v) is 2.94. The number of nitrogens with zero attached hydrogens (tertiary/aromatic N) is 5. The van der Waals surface area contributed by atoms with Gasteiger partial charge < -0.3 is 10.2 Å². The van der Waals surface area contributed by atoms with E-state index in [0.29, 0.717) is 0 Å². The molecule has 1 N–H and O–H groups in total. The van der Waals surface area contributed by atoms with Crippen molar-refractivity contribution in [1.82, 2.24) is 9.91 Å². The van der Waals surface area contributed by atoms with Gasteiger partial charge in [0.25, 0.3) is 0 Å². The Labute approximate surface area is 156 Å². The Balaban J connectivity index is 1.51.